The summed E-state index contributed by atoms with van der Waals surface area (Å²) in [6, 6.07) is 26.7. The molecule has 3 rings (SSSR count). The maximum atomic E-state index is 3.28. The van der Waals surface area contributed by atoms with E-state index in [1.807, 2.05) is 30.3 Å². The van der Waals surface area contributed by atoms with E-state index < -0.39 is 0 Å². The summed E-state index contributed by atoms with van der Waals surface area (Å²) in [6.07, 6.45) is 0. The van der Waals surface area contributed by atoms with Crippen LogP contribution in [0.3, 0.4) is 0 Å². The molecule has 0 aliphatic heterocycles. The quantitative estimate of drug-likeness (QED) is 0.420. The van der Waals surface area contributed by atoms with Crippen molar-refractivity contribution in [1.29, 1.82) is 0 Å². The van der Waals surface area contributed by atoms with Crippen molar-refractivity contribution in [3.05, 3.63) is 83.3 Å². The first-order chi connectivity index (χ1) is 8.36. The van der Waals surface area contributed by atoms with Crippen molar-refractivity contribution >= 4 is 15.9 Å². The summed E-state index contributed by atoms with van der Waals surface area (Å²) in [7, 11) is 0. The van der Waals surface area contributed by atoms with E-state index >= 15 is 0 Å². The fourth-order valence-electron chi connectivity index (χ4n) is 1.55. The van der Waals surface area contributed by atoms with Gasteiger partial charge in [0.1, 0.15) is 0 Å². The molecule has 0 spiro atoms. The molecule has 3 aromatic carbocycles. The molecule has 2 heteroatoms. The maximum absolute atomic E-state index is 3.28. The first-order valence-electron chi connectivity index (χ1n) is 5.50. The molecular weight excluding hydrogens is 328 g/mol. The predicted octanol–water partition coefficient (Wildman–Crippen LogP) is 5.24. The Balaban J connectivity index is 0.000000199. The van der Waals surface area contributed by atoms with E-state index in [2.05, 4.69) is 64.5 Å². The minimum Gasteiger partial charge on any atom is -0.213 e. The van der Waals surface area contributed by atoms with E-state index in [9.17, 15) is 0 Å². The molecule has 0 saturated carbocycles. The van der Waals surface area contributed by atoms with Gasteiger partial charge in [0.15, 0.2) is 0 Å². The van der Waals surface area contributed by atoms with E-state index in [1.165, 1.54) is 11.1 Å². The van der Waals surface area contributed by atoms with Crippen LogP contribution in [-0.4, -0.2) is 0 Å². The van der Waals surface area contributed by atoms with Crippen LogP contribution in [0.25, 0.3) is 11.1 Å². The molecule has 0 heterocycles. The zero-order chi connectivity index (χ0) is 11.9. The van der Waals surface area contributed by atoms with Crippen LogP contribution in [-0.2, 0) is 17.1 Å². The van der Waals surface area contributed by atoms with Gasteiger partial charge in [-0.25, -0.2) is 6.07 Å². The average Bonchev–Trinajstić information content (AvgIpc) is 3.03. The van der Waals surface area contributed by atoms with Crippen molar-refractivity contribution in [3.63, 3.8) is 0 Å². The molecule has 0 aromatic heterocycles. The first kappa shape index (κ1) is 15.0. The smallest absolute Gasteiger partial charge is 0.213 e. The molecule has 92 valence electrons. The van der Waals surface area contributed by atoms with Crippen molar-refractivity contribution < 1.29 is 17.1 Å². The Morgan fingerprint density at radius 1 is 0.722 bits per heavy atom. The molecule has 0 fully saturated rings. The molecule has 0 amide bonds. The summed E-state index contributed by atoms with van der Waals surface area (Å²) in [4.78, 5) is 0. The second-order valence-corrected chi connectivity index (χ2v) is 4.56. The van der Waals surface area contributed by atoms with Gasteiger partial charge in [-0.1, -0.05) is 46.3 Å². The van der Waals surface area contributed by atoms with Gasteiger partial charge in [0.2, 0.25) is 0 Å². The van der Waals surface area contributed by atoms with Crippen LogP contribution < -0.4 is 0 Å². The number of rotatable bonds is 1. The molecule has 0 aliphatic rings. The predicted molar refractivity (Wildman–Crippen MR) is 77.2 cm³/mol. The molecule has 0 bridgehead atoms. The monoisotopic (exact) mass is 340 g/mol. The van der Waals surface area contributed by atoms with Crippen LogP contribution in [0.1, 0.15) is 0 Å². The second kappa shape index (κ2) is 8.10. The van der Waals surface area contributed by atoms with Crippen LogP contribution in [0.4, 0.5) is 0 Å². The van der Waals surface area contributed by atoms with E-state index in [1.54, 1.807) is 0 Å². The van der Waals surface area contributed by atoms with E-state index in [0.29, 0.717) is 0 Å². The molecule has 0 saturated heterocycles. The molecule has 0 unspecified atom stereocenters. The molecule has 0 atom stereocenters. The summed E-state index contributed by atoms with van der Waals surface area (Å²) >= 11 is 3.28. The van der Waals surface area contributed by atoms with Crippen LogP contribution in [0.15, 0.2) is 83.3 Å². The minimum atomic E-state index is 0. The maximum Gasteiger partial charge on any atom is 2.00 e. The van der Waals surface area contributed by atoms with Gasteiger partial charge >= 0.3 is 17.1 Å². The van der Waals surface area contributed by atoms with Gasteiger partial charge in [-0.2, -0.15) is 42.0 Å². The van der Waals surface area contributed by atoms with E-state index in [0.717, 1.165) is 4.47 Å². The molecule has 18 heavy (non-hydrogen) atoms. The third-order valence-electron chi connectivity index (χ3n) is 2.39. The topological polar surface area (TPSA) is 0 Å². The normalized spacial score (nSPS) is 8.94. The number of hydrogen-bond donors (Lipinski definition) is 0. The largest absolute Gasteiger partial charge is 2.00 e. The fourth-order valence-corrected chi connectivity index (χ4v) is 1.85. The van der Waals surface area contributed by atoms with Gasteiger partial charge in [0, 0.05) is 0 Å². The standard InChI is InChI=1S/C11H9.C5H4Br.Fe/c1-2-6-10(7-3-1)11-8-4-5-9-11;6-5-3-1-2-4-5;/h1-9H;1-4H;/q2*-1;+2. The minimum absolute atomic E-state index is 0. The summed E-state index contributed by atoms with van der Waals surface area (Å²) < 4.78 is 1.16. The summed E-state index contributed by atoms with van der Waals surface area (Å²) in [5.41, 5.74) is 2.59. The van der Waals surface area contributed by atoms with Gasteiger partial charge in [-0.15, -0.1) is 16.1 Å². The van der Waals surface area contributed by atoms with Crippen molar-refractivity contribution in [3.8, 4) is 11.1 Å². The van der Waals surface area contributed by atoms with Crippen LogP contribution in [0, 0.1) is 0 Å². The van der Waals surface area contributed by atoms with Crippen molar-refractivity contribution in [2.45, 2.75) is 0 Å². The molecule has 0 radical (unpaired) electrons. The van der Waals surface area contributed by atoms with Crippen molar-refractivity contribution in [2.75, 3.05) is 0 Å². The second-order valence-electron chi connectivity index (χ2n) is 3.64. The molecule has 0 N–H and O–H groups in total. The number of benzene rings is 1. The Hall–Kier alpha value is -1.08. The summed E-state index contributed by atoms with van der Waals surface area (Å²) in [5, 5.41) is 0. The van der Waals surface area contributed by atoms with Gasteiger partial charge in [-0.05, 0) is 0 Å². The molecular formula is C16H13BrFe. The Labute approximate surface area is 127 Å². The molecule has 3 aromatic rings. The third-order valence-corrected chi connectivity index (χ3v) is 2.92. The van der Waals surface area contributed by atoms with Crippen molar-refractivity contribution in [2.24, 2.45) is 0 Å². The zero-order valence-electron chi connectivity index (χ0n) is 9.74. The third kappa shape index (κ3) is 4.66. The van der Waals surface area contributed by atoms with Gasteiger partial charge in [-0.3, -0.25) is 0 Å². The van der Waals surface area contributed by atoms with Crippen LogP contribution >= 0.6 is 15.9 Å². The number of halogens is 1. The summed E-state index contributed by atoms with van der Waals surface area (Å²) in [6.45, 7) is 0. The fraction of sp³-hybridized carbons (Fsp3) is 0. The van der Waals surface area contributed by atoms with Gasteiger partial charge in [0.25, 0.3) is 0 Å². The SMILES string of the molecule is Brc1ccc[cH-]1.[Fe+2].c1ccc(-c2ccc[cH-]2)cc1. The van der Waals surface area contributed by atoms with Crippen LogP contribution in [0.5, 0.6) is 0 Å². The molecule has 0 nitrogen and oxygen atoms in total. The Morgan fingerprint density at radius 3 is 1.83 bits per heavy atom. The summed E-state index contributed by atoms with van der Waals surface area (Å²) in [5.74, 6) is 0. The van der Waals surface area contributed by atoms with E-state index in [-0.39, 0.29) is 17.1 Å². The van der Waals surface area contributed by atoms with Gasteiger partial charge in [0.05, 0.1) is 0 Å². The van der Waals surface area contributed by atoms with Gasteiger partial charge < -0.3 is 0 Å². The first-order valence-corrected chi connectivity index (χ1v) is 6.30. The van der Waals surface area contributed by atoms with Crippen LogP contribution in [0.2, 0.25) is 0 Å². The zero-order valence-corrected chi connectivity index (χ0v) is 12.4. The molecule has 0 aliphatic carbocycles. The Kier molecular flexibility index (Phi) is 6.74. The van der Waals surface area contributed by atoms with Crippen molar-refractivity contribution in [1.82, 2.24) is 0 Å². The Bertz CT molecular complexity index is 510. The number of hydrogen-bond acceptors (Lipinski definition) is 0. The average molecular weight is 341 g/mol. The van der Waals surface area contributed by atoms with E-state index in [4.69, 9.17) is 0 Å². The Morgan fingerprint density at radius 2 is 1.39 bits per heavy atom.